The Morgan fingerprint density at radius 3 is 2.59 bits per heavy atom. The number of ether oxygens (including phenoxy) is 1. The number of aliphatic carboxylic acids is 1. The summed E-state index contributed by atoms with van der Waals surface area (Å²) in [6, 6.07) is 3.49. The molecular weight excluding hydrogens is 587 g/mol. The molecule has 2 aromatic rings. The number of fused-ring (bicyclic) bond motifs is 1. The lowest BCUT2D eigenvalue weighted by molar-refractivity contribution is -0.140. The summed E-state index contributed by atoms with van der Waals surface area (Å²) >= 11 is 20.1. The predicted octanol–water partition coefficient (Wildman–Crippen LogP) is 4.15. The van der Waals surface area contributed by atoms with Crippen molar-refractivity contribution in [2.45, 2.75) is 38.0 Å². The van der Waals surface area contributed by atoms with E-state index in [0.29, 0.717) is 33.3 Å². The summed E-state index contributed by atoms with van der Waals surface area (Å²) in [6.07, 6.45) is 2.02. The zero-order valence-electron chi connectivity index (χ0n) is 19.3. The van der Waals surface area contributed by atoms with E-state index in [2.05, 4.69) is 5.32 Å². The van der Waals surface area contributed by atoms with Crippen molar-refractivity contribution >= 4 is 73.8 Å². The Hall–Kier alpha value is -2.31. The molecule has 0 bridgehead atoms. The van der Waals surface area contributed by atoms with Crippen LogP contribution < -0.4 is 5.32 Å². The summed E-state index contributed by atoms with van der Waals surface area (Å²) in [6.45, 7) is 0.591. The number of rotatable bonds is 7. The van der Waals surface area contributed by atoms with E-state index >= 15 is 0 Å². The van der Waals surface area contributed by atoms with Gasteiger partial charge in [-0.25, -0.2) is 13.2 Å². The van der Waals surface area contributed by atoms with E-state index < -0.39 is 33.9 Å². The van der Waals surface area contributed by atoms with Crippen molar-refractivity contribution in [2.75, 3.05) is 12.8 Å². The lowest BCUT2D eigenvalue weighted by atomic mass is 9.96. The van der Waals surface area contributed by atoms with Crippen molar-refractivity contribution in [3.05, 3.63) is 65.3 Å². The Labute approximate surface area is 231 Å². The average Bonchev–Trinajstić information content (AvgIpc) is 3.46. The molecule has 2 amide bonds. The van der Waals surface area contributed by atoms with E-state index in [1.807, 2.05) is 0 Å². The molecule has 4 rings (SSSR count). The number of sulfone groups is 1. The van der Waals surface area contributed by atoms with Crippen LogP contribution in [0.3, 0.4) is 0 Å². The van der Waals surface area contributed by atoms with Gasteiger partial charge in [0.1, 0.15) is 12.1 Å². The predicted molar refractivity (Wildman–Crippen MR) is 140 cm³/mol. The number of carbonyl (C=O) groups excluding carboxylic acids is 2. The topological polar surface area (TPSA) is 130 Å². The Balaban J connectivity index is 1.49. The van der Waals surface area contributed by atoms with Gasteiger partial charge in [0.05, 0.1) is 24.8 Å². The molecule has 3 heterocycles. The summed E-state index contributed by atoms with van der Waals surface area (Å²) < 4.78 is 29.2. The molecule has 0 spiro atoms. The van der Waals surface area contributed by atoms with Gasteiger partial charge < -0.3 is 20.1 Å². The van der Waals surface area contributed by atoms with Gasteiger partial charge in [-0.15, -0.1) is 11.3 Å². The van der Waals surface area contributed by atoms with E-state index in [1.54, 1.807) is 23.1 Å². The van der Waals surface area contributed by atoms with Crippen LogP contribution in [0.2, 0.25) is 14.4 Å². The fraction of sp³-hybridized carbons (Fsp3) is 0.348. The molecule has 0 saturated carbocycles. The molecule has 0 saturated heterocycles. The number of thiophene rings is 1. The van der Waals surface area contributed by atoms with Gasteiger partial charge in [-0.05, 0) is 41.8 Å². The Kier molecular flexibility index (Phi) is 8.10. The Bertz CT molecular complexity index is 1420. The highest BCUT2D eigenvalue weighted by atomic mass is 35.5. The number of hydrogen-bond acceptors (Lipinski definition) is 7. The summed E-state index contributed by atoms with van der Waals surface area (Å²) in [7, 11) is -3.56. The third kappa shape index (κ3) is 6.06. The molecule has 37 heavy (non-hydrogen) atoms. The highest BCUT2D eigenvalue weighted by Gasteiger charge is 2.33. The fourth-order valence-electron chi connectivity index (χ4n) is 4.20. The lowest BCUT2D eigenvalue weighted by Gasteiger charge is -2.30. The molecule has 0 radical (unpaired) electrons. The highest BCUT2D eigenvalue weighted by Crippen LogP contribution is 2.35. The fourth-order valence-corrected chi connectivity index (χ4v) is 6.69. The molecule has 9 nitrogen and oxygen atoms in total. The Morgan fingerprint density at radius 2 is 2.00 bits per heavy atom. The van der Waals surface area contributed by atoms with Crippen LogP contribution in [0.1, 0.15) is 44.0 Å². The maximum Gasteiger partial charge on any atom is 0.326 e. The van der Waals surface area contributed by atoms with Crippen LogP contribution in [0.4, 0.5) is 0 Å². The minimum absolute atomic E-state index is 0.0111. The molecule has 2 aliphatic heterocycles. The van der Waals surface area contributed by atoms with Gasteiger partial charge in [-0.2, -0.15) is 0 Å². The number of carboxylic acids is 1. The highest BCUT2D eigenvalue weighted by molar-refractivity contribution is 7.94. The van der Waals surface area contributed by atoms with Crippen molar-refractivity contribution in [1.29, 1.82) is 0 Å². The summed E-state index contributed by atoms with van der Waals surface area (Å²) in [4.78, 5) is 39.9. The van der Waals surface area contributed by atoms with E-state index in [-0.39, 0.29) is 46.0 Å². The van der Waals surface area contributed by atoms with Crippen LogP contribution in [0, 0.1) is 0 Å². The van der Waals surface area contributed by atoms with Crippen molar-refractivity contribution in [1.82, 2.24) is 10.2 Å². The summed E-state index contributed by atoms with van der Waals surface area (Å²) in [5.41, 5.74) is 1.26. The number of carboxylic acid groups (broad SMARTS) is 1. The van der Waals surface area contributed by atoms with Gasteiger partial charge in [0.25, 0.3) is 11.8 Å². The van der Waals surface area contributed by atoms with Crippen LogP contribution in [-0.4, -0.2) is 61.2 Å². The van der Waals surface area contributed by atoms with Gasteiger partial charge in [0.15, 0.2) is 0 Å². The molecule has 1 unspecified atom stereocenters. The summed E-state index contributed by atoms with van der Waals surface area (Å²) in [5, 5.41) is 11.9. The zero-order chi connectivity index (χ0) is 27.1. The number of halogens is 3. The first-order chi connectivity index (χ1) is 17.3. The third-order valence-corrected chi connectivity index (χ3v) is 8.93. The maximum absolute atomic E-state index is 13.1. The second-order valence-electron chi connectivity index (χ2n) is 8.64. The van der Waals surface area contributed by atoms with Crippen molar-refractivity contribution < 1.29 is 32.6 Å². The lowest BCUT2D eigenvalue weighted by Crippen LogP contribution is -2.43. The zero-order valence-corrected chi connectivity index (χ0v) is 23.2. The summed E-state index contributed by atoms with van der Waals surface area (Å²) in [5.74, 6) is -2.28. The molecule has 1 aromatic carbocycles. The number of carbonyl (C=O) groups is 3. The van der Waals surface area contributed by atoms with Crippen LogP contribution in [0.5, 0.6) is 0 Å². The number of hydrogen-bond donors (Lipinski definition) is 2. The first kappa shape index (κ1) is 27.7. The van der Waals surface area contributed by atoms with E-state index in [9.17, 15) is 27.9 Å². The Morgan fingerprint density at radius 1 is 1.27 bits per heavy atom. The van der Waals surface area contributed by atoms with Crippen molar-refractivity contribution in [2.24, 2.45) is 0 Å². The second kappa shape index (κ2) is 10.8. The standard InChI is InChI=1S/C23H21Cl3N2O7S2/c1-37(33,34)18-5-2-12(35-18)9-15(23(31)32)27-21(29)19-14(24)8-11-10-28(7-6-13(11)20(19)26)22(30)16-3-4-17(25)36-16/h3-5,8,12,15H,2,6-7,9-10H2,1H3,(H,27,29)(H,31,32)/t12?,15-/m0/s1. The molecule has 2 atom stereocenters. The largest absolute Gasteiger partial charge is 0.480 e. The molecule has 14 heteroatoms. The minimum atomic E-state index is -3.56. The van der Waals surface area contributed by atoms with Gasteiger partial charge >= 0.3 is 5.97 Å². The first-order valence-electron chi connectivity index (χ1n) is 11.0. The average molecular weight is 608 g/mol. The van der Waals surface area contributed by atoms with Crippen molar-refractivity contribution in [3.63, 3.8) is 0 Å². The number of benzene rings is 1. The normalized spacial score (nSPS) is 18.0. The molecule has 2 N–H and O–H groups in total. The molecule has 0 fully saturated rings. The minimum Gasteiger partial charge on any atom is -0.480 e. The van der Waals surface area contributed by atoms with Crippen molar-refractivity contribution in [3.8, 4) is 0 Å². The first-order valence-corrected chi connectivity index (χ1v) is 14.8. The van der Waals surface area contributed by atoms with Gasteiger partial charge in [0.2, 0.25) is 14.9 Å². The molecule has 2 aliphatic rings. The third-order valence-electron chi connectivity index (χ3n) is 6.00. The van der Waals surface area contributed by atoms with Crippen LogP contribution in [-0.2, 0) is 32.3 Å². The smallest absolute Gasteiger partial charge is 0.326 e. The SMILES string of the molecule is CS(=O)(=O)C1=CCC(C[C@H](NC(=O)c2c(Cl)cc3c(c2Cl)CCN(C(=O)c2ccc(Cl)s2)C3)C(=O)O)O1. The number of nitrogens with one attached hydrogen (secondary N) is 1. The molecule has 198 valence electrons. The quantitative estimate of drug-likeness (QED) is 0.484. The van der Waals surface area contributed by atoms with E-state index in [4.69, 9.17) is 39.5 Å². The van der Waals surface area contributed by atoms with E-state index in [1.165, 1.54) is 17.4 Å². The van der Waals surface area contributed by atoms with Crippen LogP contribution >= 0.6 is 46.1 Å². The van der Waals surface area contributed by atoms with Gasteiger partial charge in [-0.1, -0.05) is 34.8 Å². The number of amides is 2. The second-order valence-corrected chi connectivity index (χ2v) is 13.1. The van der Waals surface area contributed by atoms with Crippen LogP contribution in [0.15, 0.2) is 29.4 Å². The monoisotopic (exact) mass is 606 g/mol. The van der Waals surface area contributed by atoms with Gasteiger partial charge in [-0.3, -0.25) is 9.59 Å². The molecular formula is C23H21Cl3N2O7S2. The maximum atomic E-state index is 13.1. The van der Waals surface area contributed by atoms with Gasteiger partial charge in [0, 0.05) is 32.2 Å². The van der Waals surface area contributed by atoms with Crippen LogP contribution in [0.25, 0.3) is 0 Å². The number of nitrogens with zero attached hydrogens (tertiary/aromatic N) is 1. The van der Waals surface area contributed by atoms with E-state index in [0.717, 1.165) is 6.26 Å². The molecule has 1 aromatic heterocycles. The molecule has 0 aliphatic carbocycles.